The maximum atomic E-state index is 9.54. The van der Waals surface area contributed by atoms with Gasteiger partial charge in [-0.05, 0) is 24.3 Å². The molecule has 3 rings (SSSR count). The Morgan fingerprint density at radius 2 is 2.08 bits per heavy atom. The molecule has 0 spiro atoms. The second-order valence-corrected chi connectivity index (χ2v) is 5.41. The number of oxazole rings is 1. The molecule has 1 atom stereocenters. The summed E-state index contributed by atoms with van der Waals surface area (Å²) in [7, 11) is 3.47. The molecule has 0 aliphatic rings. The number of methoxy groups -OCH3 is 1. The molecule has 126 valence electrons. The first kappa shape index (κ1) is 16.2. The molecule has 0 saturated heterocycles. The van der Waals surface area contributed by atoms with Crippen molar-refractivity contribution in [3.05, 3.63) is 54.3 Å². The van der Waals surface area contributed by atoms with Crippen LogP contribution >= 0.6 is 0 Å². The lowest BCUT2D eigenvalue weighted by Gasteiger charge is -2.12. The van der Waals surface area contributed by atoms with E-state index in [0.717, 1.165) is 16.9 Å². The zero-order valence-electron chi connectivity index (χ0n) is 13.6. The van der Waals surface area contributed by atoms with Gasteiger partial charge in [0.05, 0.1) is 38.7 Å². The zero-order chi connectivity index (χ0) is 16.9. The number of nitrogens with zero attached hydrogens (tertiary/aromatic N) is 3. The van der Waals surface area contributed by atoms with Gasteiger partial charge in [-0.1, -0.05) is 0 Å². The first-order valence-electron chi connectivity index (χ1n) is 7.61. The molecular formula is C17H20N4O3. The molecule has 0 unspecified atom stereocenters. The fourth-order valence-electron chi connectivity index (χ4n) is 2.40. The average Bonchev–Trinajstić information content (AvgIpc) is 3.25. The Bertz CT molecular complexity index is 779. The first-order chi connectivity index (χ1) is 11.7. The Balaban J connectivity index is 1.64. The van der Waals surface area contributed by atoms with E-state index in [-0.39, 0.29) is 12.6 Å². The molecule has 0 aliphatic heterocycles. The van der Waals surface area contributed by atoms with Gasteiger partial charge in [0.25, 0.3) is 0 Å². The molecule has 2 N–H and O–H groups in total. The van der Waals surface area contributed by atoms with Crippen molar-refractivity contribution in [1.29, 1.82) is 0 Å². The standard InChI is InChI=1S/C17H20N4O3/c1-21-10-13(7-20-21)15(11-22)18-9-17-19-8-16(24-17)12-3-5-14(23-2)6-4-12/h3-8,10,15,18,22H,9,11H2,1-2H3/t15-/m0/s1. The fraction of sp³-hybridized carbons (Fsp3) is 0.294. The maximum Gasteiger partial charge on any atom is 0.208 e. The number of aromatic nitrogens is 3. The van der Waals surface area contributed by atoms with Crippen molar-refractivity contribution >= 4 is 0 Å². The Morgan fingerprint density at radius 1 is 1.29 bits per heavy atom. The first-order valence-corrected chi connectivity index (χ1v) is 7.61. The van der Waals surface area contributed by atoms with Gasteiger partial charge in [-0.25, -0.2) is 4.98 Å². The number of aryl methyl sites for hydroxylation is 1. The largest absolute Gasteiger partial charge is 0.497 e. The SMILES string of the molecule is COc1ccc(-c2cnc(CN[C@@H](CO)c3cnn(C)c3)o2)cc1. The van der Waals surface area contributed by atoms with E-state index in [1.54, 1.807) is 24.2 Å². The molecule has 1 aromatic carbocycles. The smallest absolute Gasteiger partial charge is 0.208 e. The molecule has 7 nitrogen and oxygen atoms in total. The highest BCUT2D eigenvalue weighted by Gasteiger charge is 2.13. The summed E-state index contributed by atoms with van der Waals surface area (Å²) in [6.07, 6.45) is 5.29. The molecule has 0 aliphatic carbocycles. The number of ether oxygens (including phenoxy) is 1. The molecule has 0 saturated carbocycles. The van der Waals surface area contributed by atoms with Crippen molar-refractivity contribution in [1.82, 2.24) is 20.1 Å². The van der Waals surface area contributed by atoms with Gasteiger partial charge in [0.2, 0.25) is 5.89 Å². The number of rotatable bonds is 7. The summed E-state index contributed by atoms with van der Waals surface area (Å²) in [6.45, 7) is 0.383. The summed E-state index contributed by atoms with van der Waals surface area (Å²) in [4.78, 5) is 4.28. The van der Waals surface area contributed by atoms with Gasteiger partial charge < -0.3 is 14.3 Å². The van der Waals surface area contributed by atoms with Crippen LogP contribution in [-0.2, 0) is 13.6 Å². The third-order valence-electron chi connectivity index (χ3n) is 3.74. The number of nitrogens with one attached hydrogen (secondary N) is 1. The summed E-state index contributed by atoms with van der Waals surface area (Å²) >= 11 is 0. The number of aliphatic hydroxyl groups excluding tert-OH is 1. The minimum Gasteiger partial charge on any atom is -0.497 e. The number of hydrogen-bond acceptors (Lipinski definition) is 6. The van der Waals surface area contributed by atoms with E-state index >= 15 is 0 Å². The van der Waals surface area contributed by atoms with Crippen LogP contribution in [-0.4, -0.2) is 33.6 Å². The van der Waals surface area contributed by atoms with E-state index in [1.165, 1.54) is 0 Å². The number of aliphatic hydroxyl groups is 1. The van der Waals surface area contributed by atoms with Crippen molar-refractivity contribution in [2.45, 2.75) is 12.6 Å². The second kappa shape index (κ2) is 7.29. The van der Waals surface area contributed by atoms with Crippen LogP contribution in [0.15, 0.2) is 47.3 Å². The van der Waals surface area contributed by atoms with Gasteiger partial charge in [0.15, 0.2) is 5.76 Å². The van der Waals surface area contributed by atoms with Gasteiger partial charge in [-0.15, -0.1) is 0 Å². The highest BCUT2D eigenvalue weighted by atomic mass is 16.5. The van der Waals surface area contributed by atoms with Crippen LogP contribution in [0.5, 0.6) is 5.75 Å². The third-order valence-corrected chi connectivity index (χ3v) is 3.74. The zero-order valence-corrected chi connectivity index (χ0v) is 13.6. The summed E-state index contributed by atoms with van der Waals surface area (Å²) in [6, 6.07) is 7.38. The summed E-state index contributed by atoms with van der Waals surface area (Å²) in [5.41, 5.74) is 1.85. The fourth-order valence-corrected chi connectivity index (χ4v) is 2.40. The van der Waals surface area contributed by atoms with Gasteiger partial charge >= 0.3 is 0 Å². The average molecular weight is 328 g/mol. The predicted octanol–water partition coefficient (Wildman–Crippen LogP) is 1.91. The van der Waals surface area contributed by atoms with E-state index in [4.69, 9.17) is 9.15 Å². The van der Waals surface area contributed by atoms with E-state index in [9.17, 15) is 5.11 Å². The van der Waals surface area contributed by atoms with Crippen LogP contribution in [0.4, 0.5) is 0 Å². The van der Waals surface area contributed by atoms with Crippen molar-refractivity contribution in [2.24, 2.45) is 7.05 Å². The van der Waals surface area contributed by atoms with Crippen LogP contribution in [0.3, 0.4) is 0 Å². The van der Waals surface area contributed by atoms with Crippen LogP contribution in [0, 0.1) is 0 Å². The highest BCUT2D eigenvalue weighted by molar-refractivity contribution is 5.57. The van der Waals surface area contributed by atoms with Gasteiger partial charge in [-0.3, -0.25) is 10.00 Å². The molecule has 2 heterocycles. The third kappa shape index (κ3) is 3.64. The Hall–Kier alpha value is -2.64. The summed E-state index contributed by atoms with van der Waals surface area (Å²) in [5.74, 6) is 2.04. The number of hydrogen-bond donors (Lipinski definition) is 2. The predicted molar refractivity (Wildman–Crippen MR) is 88.4 cm³/mol. The van der Waals surface area contributed by atoms with Crippen LogP contribution in [0.25, 0.3) is 11.3 Å². The van der Waals surface area contributed by atoms with Crippen molar-refractivity contribution in [3.63, 3.8) is 0 Å². The molecular weight excluding hydrogens is 308 g/mol. The van der Waals surface area contributed by atoms with Crippen LogP contribution < -0.4 is 10.1 Å². The molecule has 2 aromatic heterocycles. The highest BCUT2D eigenvalue weighted by Crippen LogP contribution is 2.23. The van der Waals surface area contributed by atoms with Gasteiger partial charge in [0.1, 0.15) is 5.75 Å². The van der Waals surface area contributed by atoms with E-state index in [0.29, 0.717) is 18.2 Å². The molecule has 0 amide bonds. The molecule has 0 fully saturated rings. The lowest BCUT2D eigenvalue weighted by atomic mass is 10.2. The molecule has 0 radical (unpaired) electrons. The second-order valence-electron chi connectivity index (χ2n) is 5.41. The van der Waals surface area contributed by atoms with E-state index in [2.05, 4.69) is 15.4 Å². The van der Waals surface area contributed by atoms with Gasteiger partial charge in [0, 0.05) is 24.4 Å². The Morgan fingerprint density at radius 3 is 2.71 bits per heavy atom. The van der Waals surface area contributed by atoms with Crippen molar-refractivity contribution in [2.75, 3.05) is 13.7 Å². The molecule has 0 bridgehead atoms. The van der Waals surface area contributed by atoms with Gasteiger partial charge in [-0.2, -0.15) is 5.10 Å². The quantitative estimate of drug-likeness (QED) is 0.689. The minimum atomic E-state index is -0.213. The summed E-state index contributed by atoms with van der Waals surface area (Å²) < 4.78 is 12.6. The lowest BCUT2D eigenvalue weighted by molar-refractivity contribution is 0.240. The lowest BCUT2D eigenvalue weighted by Crippen LogP contribution is -2.23. The molecule has 24 heavy (non-hydrogen) atoms. The maximum absolute atomic E-state index is 9.54. The molecule has 7 heteroatoms. The Kier molecular flexibility index (Phi) is 4.93. The van der Waals surface area contributed by atoms with Crippen molar-refractivity contribution < 1.29 is 14.3 Å². The van der Waals surface area contributed by atoms with E-state index < -0.39 is 0 Å². The Labute approximate surface area is 139 Å². The number of benzene rings is 1. The monoisotopic (exact) mass is 328 g/mol. The van der Waals surface area contributed by atoms with Crippen LogP contribution in [0.2, 0.25) is 0 Å². The minimum absolute atomic E-state index is 0.0300. The van der Waals surface area contributed by atoms with E-state index in [1.807, 2.05) is 37.5 Å². The normalized spacial score (nSPS) is 12.3. The summed E-state index contributed by atoms with van der Waals surface area (Å²) in [5, 5.41) is 16.9. The molecule has 3 aromatic rings. The van der Waals surface area contributed by atoms with Crippen molar-refractivity contribution in [3.8, 4) is 17.1 Å². The topological polar surface area (TPSA) is 85.3 Å². The van der Waals surface area contributed by atoms with Crippen LogP contribution in [0.1, 0.15) is 17.5 Å².